The van der Waals surface area contributed by atoms with Crippen LogP contribution in [0.2, 0.25) is 0 Å². The average Bonchev–Trinajstić information content (AvgIpc) is 2.58. The number of nitrogens with zero attached hydrogens (tertiary/aromatic N) is 4. The van der Waals surface area contributed by atoms with Gasteiger partial charge in [-0.3, -0.25) is 4.68 Å². The summed E-state index contributed by atoms with van der Waals surface area (Å²) in [5.74, 6) is 0.723. The predicted molar refractivity (Wildman–Crippen MR) is 61.6 cm³/mol. The molecule has 0 amide bonds. The molecule has 0 spiro atoms. The predicted octanol–water partition coefficient (Wildman–Crippen LogP) is 0.953. The van der Waals surface area contributed by atoms with Crippen LogP contribution in [-0.4, -0.2) is 19.7 Å². The highest BCUT2D eigenvalue weighted by Crippen LogP contribution is 2.17. The molecule has 2 heterocycles. The third kappa shape index (κ3) is 1.94. The summed E-state index contributed by atoms with van der Waals surface area (Å²) in [7, 11) is 1.91. The molecule has 2 aromatic rings. The zero-order valence-corrected chi connectivity index (χ0v) is 9.73. The Hall–Kier alpha value is -1.75. The highest BCUT2D eigenvalue weighted by Gasteiger charge is 2.08. The molecule has 2 N–H and O–H groups in total. The van der Waals surface area contributed by atoms with Gasteiger partial charge in [0, 0.05) is 19.3 Å². The van der Waals surface area contributed by atoms with Crippen molar-refractivity contribution in [3.05, 3.63) is 29.3 Å². The van der Waals surface area contributed by atoms with Crippen LogP contribution in [0.3, 0.4) is 0 Å². The lowest BCUT2D eigenvalue weighted by molar-refractivity contribution is 0.741. The fourth-order valence-electron chi connectivity index (χ4n) is 1.55. The van der Waals surface area contributed by atoms with Crippen molar-refractivity contribution >= 4 is 0 Å². The van der Waals surface area contributed by atoms with Crippen LogP contribution in [0.15, 0.2) is 12.1 Å². The van der Waals surface area contributed by atoms with Crippen LogP contribution in [0.1, 0.15) is 17.2 Å². The lowest BCUT2D eigenvalue weighted by atomic mass is 10.2. The van der Waals surface area contributed by atoms with E-state index in [2.05, 4.69) is 15.1 Å². The smallest absolute Gasteiger partial charge is 0.126 e. The molecule has 16 heavy (non-hydrogen) atoms. The van der Waals surface area contributed by atoms with Gasteiger partial charge in [0.2, 0.25) is 0 Å². The van der Waals surface area contributed by atoms with Gasteiger partial charge in [0.1, 0.15) is 11.5 Å². The first-order valence-corrected chi connectivity index (χ1v) is 5.16. The Kier molecular flexibility index (Phi) is 2.70. The van der Waals surface area contributed by atoms with Gasteiger partial charge in [-0.1, -0.05) is 0 Å². The maximum Gasteiger partial charge on any atom is 0.126 e. The molecule has 0 aromatic carbocycles. The highest BCUT2D eigenvalue weighted by atomic mass is 15.3. The van der Waals surface area contributed by atoms with Crippen molar-refractivity contribution in [1.82, 2.24) is 19.7 Å². The topological polar surface area (TPSA) is 69.6 Å². The molecule has 0 aliphatic carbocycles. The van der Waals surface area contributed by atoms with Gasteiger partial charge >= 0.3 is 0 Å². The maximum atomic E-state index is 5.58. The van der Waals surface area contributed by atoms with Gasteiger partial charge in [0.25, 0.3) is 0 Å². The van der Waals surface area contributed by atoms with Crippen LogP contribution in [0, 0.1) is 13.8 Å². The molecular formula is C11H15N5. The molecule has 0 bridgehead atoms. The van der Waals surface area contributed by atoms with E-state index >= 15 is 0 Å². The van der Waals surface area contributed by atoms with E-state index in [1.807, 2.05) is 37.7 Å². The number of aromatic nitrogens is 4. The summed E-state index contributed by atoms with van der Waals surface area (Å²) < 4.78 is 1.83. The number of nitrogens with two attached hydrogens (primary N) is 1. The van der Waals surface area contributed by atoms with E-state index in [0.717, 1.165) is 28.6 Å². The minimum atomic E-state index is 0.419. The standard InChI is InChI=1S/C11H15N5/c1-7-4-11(15-16(7)3)10-5-9(6-12)13-8(2)14-10/h4-5H,6,12H2,1-3H3. The summed E-state index contributed by atoms with van der Waals surface area (Å²) in [6, 6.07) is 3.89. The molecule has 0 aliphatic rings. The van der Waals surface area contributed by atoms with Crippen molar-refractivity contribution in [2.75, 3.05) is 0 Å². The van der Waals surface area contributed by atoms with E-state index in [0.29, 0.717) is 6.54 Å². The van der Waals surface area contributed by atoms with Gasteiger partial charge in [0.05, 0.1) is 11.4 Å². The van der Waals surface area contributed by atoms with Gasteiger partial charge in [-0.2, -0.15) is 5.10 Å². The number of aryl methyl sites for hydroxylation is 3. The highest BCUT2D eigenvalue weighted by molar-refractivity contribution is 5.54. The van der Waals surface area contributed by atoms with Crippen molar-refractivity contribution in [2.45, 2.75) is 20.4 Å². The molecule has 0 unspecified atom stereocenters. The molecule has 5 nitrogen and oxygen atoms in total. The third-order valence-electron chi connectivity index (χ3n) is 2.48. The minimum Gasteiger partial charge on any atom is -0.325 e. The molecule has 84 valence electrons. The third-order valence-corrected chi connectivity index (χ3v) is 2.48. The maximum absolute atomic E-state index is 5.58. The zero-order chi connectivity index (χ0) is 11.7. The lowest BCUT2D eigenvalue weighted by Crippen LogP contribution is -2.03. The number of hydrogen-bond acceptors (Lipinski definition) is 4. The molecule has 2 rings (SSSR count). The Morgan fingerprint density at radius 2 is 1.94 bits per heavy atom. The van der Waals surface area contributed by atoms with Gasteiger partial charge in [-0.15, -0.1) is 0 Å². The van der Waals surface area contributed by atoms with Gasteiger partial charge in [0.15, 0.2) is 0 Å². The van der Waals surface area contributed by atoms with Crippen molar-refractivity contribution in [3.63, 3.8) is 0 Å². The largest absolute Gasteiger partial charge is 0.325 e. The van der Waals surface area contributed by atoms with Crippen molar-refractivity contribution in [3.8, 4) is 11.4 Å². The molecule has 0 radical (unpaired) electrons. The Labute approximate surface area is 94.3 Å². The summed E-state index contributed by atoms with van der Waals surface area (Å²) in [6.07, 6.45) is 0. The van der Waals surface area contributed by atoms with E-state index < -0.39 is 0 Å². The molecule has 5 heteroatoms. The second-order valence-corrected chi connectivity index (χ2v) is 3.79. The van der Waals surface area contributed by atoms with Crippen LogP contribution in [0.25, 0.3) is 11.4 Å². The average molecular weight is 217 g/mol. The first-order valence-electron chi connectivity index (χ1n) is 5.16. The van der Waals surface area contributed by atoms with Crippen molar-refractivity contribution in [2.24, 2.45) is 12.8 Å². The fourth-order valence-corrected chi connectivity index (χ4v) is 1.55. The normalized spacial score (nSPS) is 10.8. The first kappa shape index (κ1) is 10.8. The monoisotopic (exact) mass is 217 g/mol. The van der Waals surface area contributed by atoms with Crippen LogP contribution in [0.5, 0.6) is 0 Å². The van der Waals surface area contributed by atoms with Gasteiger partial charge in [-0.05, 0) is 26.0 Å². The van der Waals surface area contributed by atoms with E-state index in [4.69, 9.17) is 5.73 Å². The second-order valence-electron chi connectivity index (χ2n) is 3.79. The SMILES string of the molecule is Cc1nc(CN)cc(-c2cc(C)n(C)n2)n1. The molecule has 0 aliphatic heterocycles. The molecule has 0 saturated heterocycles. The van der Waals surface area contributed by atoms with E-state index in [9.17, 15) is 0 Å². The van der Waals surface area contributed by atoms with Crippen LogP contribution < -0.4 is 5.73 Å². The van der Waals surface area contributed by atoms with Crippen LogP contribution in [-0.2, 0) is 13.6 Å². The van der Waals surface area contributed by atoms with Crippen molar-refractivity contribution < 1.29 is 0 Å². The van der Waals surface area contributed by atoms with Gasteiger partial charge < -0.3 is 5.73 Å². The zero-order valence-electron chi connectivity index (χ0n) is 9.73. The number of rotatable bonds is 2. The molecule has 0 fully saturated rings. The Bertz CT molecular complexity index is 496. The van der Waals surface area contributed by atoms with Crippen LogP contribution >= 0.6 is 0 Å². The molecule has 0 saturated carbocycles. The minimum absolute atomic E-state index is 0.419. The van der Waals surface area contributed by atoms with E-state index in [1.54, 1.807) is 0 Å². The number of hydrogen-bond donors (Lipinski definition) is 1. The Morgan fingerprint density at radius 1 is 1.19 bits per heavy atom. The lowest BCUT2D eigenvalue weighted by Gasteiger charge is -2.01. The van der Waals surface area contributed by atoms with Gasteiger partial charge in [-0.25, -0.2) is 9.97 Å². The summed E-state index contributed by atoms with van der Waals surface area (Å²) in [5.41, 5.74) is 9.21. The molecular weight excluding hydrogens is 202 g/mol. The van der Waals surface area contributed by atoms with Crippen LogP contribution in [0.4, 0.5) is 0 Å². The molecule has 0 atom stereocenters. The summed E-state index contributed by atoms with van der Waals surface area (Å²) in [4.78, 5) is 8.60. The Morgan fingerprint density at radius 3 is 2.50 bits per heavy atom. The second kappa shape index (κ2) is 4.02. The summed E-state index contributed by atoms with van der Waals surface area (Å²) >= 11 is 0. The van der Waals surface area contributed by atoms with Crippen molar-refractivity contribution in [1.29, 1.82) is 0 Å². The van der Waals surface area contributed by atoms with E-state index in [-0.39, 0.29) is 0 Å². The summed E-state index contributed by atoms with van der Waals surface area (Å²) in [6.45, 7) is 4.29. The molecule has 2 aromatic heterocycles. The quantitative estimate of drug-likeness (QED) is 0.813. The summed E-state index contributed by atoms with van der Waals surface area (Å²) in [5, 5.41) is 4.38. The Balaban J connectivity index is 2.50. The van der Waals surface area contributed by atoms with E-state index in [1.165, 1.54) is 0 Å². The first-order chi connectivity index (χ1) is 7.60. The fraction of sp³-hybridized carbons (Fsp3) is 0.364.